The quantitative estimate of drug-likeness (QED) is 0.631. The number of hydrogen-bond donors (Lipinski definition) is 0. The van der Waals surface area contributed by atoms with Gasteiger partial charge in [0.2, 0.25) is 0 Å². The van der Waals surface area contributed by atoms with Gasteiger partial charge in [-0.05, 0) is 0 Å². The first-order valence-electron chi connectivity index (χ1n) is 3.87. The van der Waals surface area contributed by atoms with E-state index in [1.807, 2.05) is 37.3 Å². The van der Waals surface area contributed by atoms with Gasteiger partial charge in [-0.3, -0.25) is 0 Å². The minimum atomic E-state index is -0.624. The average Bonchev–Trinajstić information content (AvgIpc) is 2.55. The number of benzene rings is 1. The van der Waals surface area contributed by atoms with Crippen molar-refractivity contribution in [3.8, 4) is 0 Å². The summed E-state index contributed by atoms with van der Waals surface area (Å²) in [6.07, 6.45) is 3.12. The maximum atomic E-state index is 5.32. The Bertz CT molecular complexity index is 282. The van der Waals surface area contributed by atoms with Crippen LogP contribution >= 0.6 is 0 Å². The summed E-state index contributed by atoms with van der Waals surface area (Å²) in [6, 6.07) is 9.85. The van der Waals surface area contributed by atoms with E-state index in [9.17, 15) is 0 Å². The van der Waals surface area contributed by atoms with Crippen molar-refractivity contribution in [2.45, 2.75) is 12.7 Å². The first kappa shape index (κ1) is 7.22. The van der Waals surface area contributed by atoms with E-state index >= 15 is 0 Å². The van der Waals surface area contributed by atoms with E-state index in [2.05, 4.69) is 0 Å². The molecule has 0 saturated heterocycles. The zero-order chi connectivity index (χ0) is 8.44. The van der Waals surface area contributed by atoms with Crippen LogP contribution in [-0.4, -0.2) is 0 Å². The van der Waals surface area contributed by atoms with Crippen molar-refractivity contribution >= 4 is 0 Å². The van der Waals surface area contributed by atoms with Crippen molar-refractivity contribution in [1.29, 1.82) is 0 Å². The van der Waals surface area contributed by atoms with Crippen LogP contribution in [0.25, 0.3) is 0 Å². The van der Waals surface area contributed by atoms with Crippen molar-refractivity contribution in [3.63, 3.8) is 0 Å². The van der Waals surface area contributed by atoms with Crippen molar-refractivity contribution in [2.75, 3.05) is 0 Å². The van der Waals surface area contributed by atoms with Crippen molar-refractivity contribution in [2.24, 2.45) is 0 Å². The van der Waals surface area contributed by atoms with E-state index in [4.69, 9.17) is 9.47 Å². The Kier molecular flexibility index (Phi) is 1.54. The summed E-state index contributed by atoms with van der Waals surface area (Å²) >= 11 is 0. The maximum absolute atomic E-state index is 5.32. The van der Waals surface area contributed by atoms with E-state index < -0.39 is 5.79 Å². The van der Waals surface area contributed by atoms with Crippen LogP contribution in [0.3, 0.4) is 0 Å². The average molecular weight is 162 g/mol. The molecule has 1 aromatic carbocycles. The molecule has 0 spiro atoms. The third kappa shape index (κ3) is 1.05. The van der Waals surface area contributed by atoms with Crippen molar-refractivity contribution in [3.05, 3.63) is 48.4 Å². The van der Waals surface area contributed by atoms with Crippen LogP contribution in [0.2, 0.25) is 0 Å². The molecule has 0 fully saturated rings. The summed E-state index contributed by atoms with van der Waals surface area (Å²) in [4.78, 5) is 0. The van der Waals surface area contributed by atoms with E-state index in [1.54, 1.807) is 12.5 Å². The van der Waals surface area contributed by atoms with E-state index in [0.29, 0.717) is 0 Å². The fourth-order valence-corrected chi connectivity index (χ4v) is 1.22. The molecule has 0 bridgehead atoms. The van der Waals surface area contributed by atoms with E-state index in [0.717, 1.165) is 5.56 Å². The summed E-state index contributed by atoms with van der Waals surface area (Å²) in [7, 11) is 0. The van der Waals surface area contributed by atoms with Gasteiger partial charge in [-0.2, -0.15) is 0 Å². The minimum absolute atomic E-state index is 0.624. The summed E-state index contributed by atoms with van der Waals surface area (Å²) < 4.78 is 10.6. The van der Waals surface area contributed by atoms with Crippen LogP contribution in [0.1, 0.15) is 12.5 Å². The molecule has 0 N–H and O–H groups in total. The highest BCUT2D eigenvalue weighted by atomic mass is 16.7. The van der Waals surface area contributed by atoms with Crippen LogP contribution in [0.4, 0.5) is 0 Å². The highest BCUT2D eigenvalue weighted by Crippen LogP contribution is 2.30. The molecule has 2 nitrogen and oxygen atoms in total. The summed E-state index contributed by atoms with van der Waals surface area (Å²) in [5.41, 5.74) is 1.02. The van der Waals surface area contributed by atoms with Gasteiger partial charge in [0, 0.05) is 12.5 Å². The molecule has 0 aliphatic carbocycles. The molecule has 2 heteroatoms. The molecular weight excluding hydrogens is 152 g/mol. The Morgan fingerprint density at radius 2 is 1.58 bits per heavy atom. The van der Waals surface area contributed by atoms with Gasteiger partial charge in [0.05, 0.1) is 0 Å². The standard InChI is InChI=1S/C10H10O2/c1-10(11-7-8-12-10)9-5-3-2-4-6-9/h2-8H,1H3. The van der Waals surface area contributed by atoms with Gasteiger partial charge in [0.25, 0.3) is 5.79 Å². The Balaban J connectivity index is 2.31. The SMILES string of the molecule is CC1(c2ccccc2)OC=CO1. The highest BCUT2D eigenvalue weighted by molar-refractivity contribution is 5.20. The van der Waals surface area contributed by atoms with Gasteiger partial charge >= 0.3 is 0 Å². The number of hydrogen-bond acceptors (Lipinski definition) is 2. The van der Waals surface area contributed by atoms with Gasteiger partial charge in [-0.1, -0.05) is 30.3 Å². The van der Waals surface area contributed by atoms with Crippen LogP contribution in [0.5, 0.6) is 0 Å². The first-order valence-corrected chi connectivity index (χ1v) is 3.87. The van der Waals surface area contributed by atoms with Gasteiger partial charge in [0.1, 0.15) is 12.5 Å². The van der Waals surface area contributed by atoms with Crippen LogP contribution < -0.4 is 0 Å². The Labute approximate surface area is 71.4 Å². The second kappa shape index (κ2) is 2.55. The molecule has 0 radical (unpaired) electrons. The van der Waals surface area contributed by atoms with Crippen LogP contribution in [-0.2, 0) is 15.3 Å². The molecule has 2 rings (SSSR count). The Morgan fingerprint density at radius 3 is 2.17 bits per heavy atom. The zero-order valence-electron chi connectivity index (χ0n) is 6.86. The predicted octanol–water partition coefficient (Wildman–Crippen LogP) is 2.38. The second-order valence-electron chi connectivity index (χ2n) is 2.82. The smallest absolute Gasteiger partial charge is 0.273 e. The molecular formula is C10H10O2. The van der Waals surface area contributed by atoms with Gasteiger partial charge < -0.3 is 9.47 Å². The van der Waals surface area contributed by atoms with E-state index in [-0.39, 0.29) is 0 Å². The second-order valence-corrected chi connectivity index (χ2v) is 2.82. The molecule has 1 aliphatic rings. The fourth-order valence-electron chi connectivity index (χ4n) is 1.22. The molecule has 0 amide bonds. The van der Waals surface area contributed by atoms with Crippen molar-refractivity contribution < 1.29 is 9.47 Å². The monoisotopic (exact) mass is 162 g/mol. The maximum Gasteiger partial charge on any atom is 0.273 e. The molecule has 0 atom stereocenters. The summed E-state index contributed by atoms with van der Waals surface area (Å²) in [6.45, 7) is 1.89. The van der Waals surface area contributed by atoms with Crippen molar-refractivity contribution in [1.82, 2.24) is 0 Å². The molecule has 1 aromatic rings. The molecule has 0 aromatic heterocycles. The normalized spacial score (nSPS) is 18.4. The molecule has 1 heterocycles. The third-order valence-electron chi connectivity index (χ3n) is 1.94. The zero-order valence-corrected chi connectivity index (χ0v) is 6.86. The minimum Gasteiger partial charge on any atom is -0.453 e. The Hall–Kier alpha value is -1.44. The van der Waals surface area contributed by atoms with Gasteiger partial charge in [-0.15, -0.1) is 0 Å². The Morgan fingerprint density at radius 1 is 1.00 bits per heavy atom. The first-order chi connectivity index (χ1) is 5.81. The van der Waals surface area contributed by atoms with Crippen LogP contribution in [0.15, 0.2) is 42.9 Å². The summed E-state index contributed by atoms with van der Waals surface area (Å²) in [5, 5.41) is 0. The highest BCUT2D eigenvalue weighted by Gasteiger charge is 2.31. The lowest BCUT2D eigenvalue weighted by Gasteiger charge is -2.22. The summed E-state index contributed by atoms with van der Waals surface area (Å²) in [5.74, 6) is -0.624. The molecule has 0 unspecified atom stereocenters. The predicted molar refractivity (Wildman–Crippen MR) is 45.1 cm³/mol. The molecule has 62 valence electrons. The molecule has 0 saturated carbocycles. The van der Waals surface area contributed by atoms with Gasteiger partial charge in [0.15, 0.2) is 0 Å². The molecule has 1 aliphatic heterocycles. The molecule has 12 heavy (non-hydrogen) atoms. The third-order valence-corrected chi connectivity index (χ3v) is 1.94. The topological polar surface area (TPSA) is 18.5 Å². The lowest BCUT2D eigenvalue weighted by molar-refractivity contribution is -0.133. The fraction of sp³-hybridized carbons (Fsp3) is 0.200. The van der Waals surface area contributed by atoms with E-state index in [1.165, 1.54) is 0 Å². The lowest BCUT2D eigenvalue weighted by Crippen LogP contribution is -2.21. The number of ether oxygens (including phenoxy) is 2. The van der Waals surface area contributed by atoms with Gasteiger partial charge in [-0.25, -0.2) is 0 Å². The number of rotatable bonds is 1. The largest absolute Gasteiger partial charge is 0.453 e. The lowest BCUT2D eigenvalue weighted by atomic mass is 10.1. The van der Waals surface area contributed by atoms with Crippen LogP contribution in [0, 0.1) is 0 Å².